The number of hydrogen-bond donors (Lipinski definition) is 3. The Hall–Kier alpha value is -2.79. The van der Waals surface area contributed by atoms with Crippen molar-refractivity contribution in [2.75, 3.05) is 12.4 Å². The van der Waals surface area contributed by atoms with Gasteiger partial charge >= 0.3 is 5.97 Å². The van der Waals surface area contributed by atoms with Crippen LogP contribution in [-0.4, -0.2) is 61.1 Å². The Morgan fingerprint density at radius 3 is 2.74 bits per heavy atom. The number of anilines is 1. The third-order valence-corrected chi connectivity index (χ3v) is 6.68. The average Bonchev–Trinajstić information content (AvgIpc) is 3.43. The number of carbonyl (C=O) groups excluding carboxylic acids is 1. The topological polar surface area (TPSA) is 132 Å². The molecule has 3 N–H and O–H groups in total. The molecule has 0 amide bonds. The van der Waals surface area contributed by atoms with Gasteiger partial charge in [-0.1, -0.05) is 18.2 Å². The van der Waals surface area contributed by atoms with Gasteiger partial charge in [-0.2, -0.15) is 9.97 Å². The monoisotopic (exact) mass is 487 g/mol. The summed E-state index contributed by atoms with van der Waals surface area (Å²) in [4.78, 5) is 25.4. The molecule has 1 saturated carbocycles. The molecule has 3 heterocycles. The molecule has 2 aliphatic rings. The highest BCUT2D eigenvalue weighted by atomic mass is 35.5. The van der Waals surface area contributed by atoms with Gasteiger partial charge in [0.15, 0.2) is 23.2 Å². The van der Waals surface area contributed by atoms with Crippen molar-refractivity contribution in [2.24, 2.45) is 0 Å². The van der Waals surface area contributed by atoms with Crippen molar-refractivity contribution in [1.82, 2.24) is 19.5 Å². The quantitative estimate of drug-likeness (QED) is 0.367. The van der Waals surface area contributed by atoms with E-state index in [0.717, 1.165) is 25.7 Å². The normalized spacial score (nSPS) is 27.1. The van der Waals surface area contributed by atoms with Crippen LogP contribution in [0.2, 0.25) is 5.28 Å². The zero-order valence-corrected chi connectivity index (χ0v) is 19.4. The molecule has 0 radical (unpaired) electrons. The molecule has 3 aromatic rings. The first-order valence-electron chi connectivity index (χ1n) is 11.3. The van der Waals surface area contributed by atoms with Gasteiger partial charge in [-0.05, 0) is 48.9 Å². The molecule has 3 atom stereocenters. The molecule has 180 valence electrons. The number of esters is 1. The van der Waals surface area contributed by atoms with E-state index < -0.39 is 24.4 Å². The van der Waals surface area contributed by atoms with Gasteiger partial charge in [0.25, 0.3) is 0 Å². The standard InChI is InChI=1S/C23H26ClN5O5/c1-33-22(32)15-5-3-2-4-14(15)17-10-16(31)21(34-17)29-11-25-18-19(27-23(24)28-20(18)29)26-12-6-8-13(30)9-7-12/h2-5,11-13,16-17,21,30-31H,6-10H2,1H3,(H,26,27,28)/t12?,13?,16-,17+,21-/m0/s1. The van der Waals surface area contributed by atoms with Crippen LogP contribution in [0.1, 0.15) is 60.4 Å². The van der Waals surface area contributed by atoms with Gasteiger partial charge in [0.2, 0.25) is 5.28 Å². The van der Waals surface area contributed by atoms with E-state index in [1.807, 2.05) is 6.07 Å². The number of methoxy groups -OCH3 is 1. The van der Waals surface area contributed by atoms with Crippen molar-refractivity contribution >= 4 is 34.6 Å². The van der Waals surface area contributed by atoms with Crippen molar-refractivity contribution < 1.29 is 24.5 Å². The molecule has 2 fully saturated rings. The number of nitrogens with zero attached hydrogens (tertiary/aromatic N) is 4. The number of rotatable bonds is 5. The number of hydrogen-bond acceptors (Lipinski definition) is 9. The van der Waals surface area contributed by atoms with E-state index >= 15 is 0 Å². The van der Waals surface area contributed by atoms with E-state index in [2.05, 4.69) is 20.3 Å². The lowest BCUT2D eigenvalue weighted by molar-refractivity contribution is -0.0360. The Morgan fingerprint density at radius 2 is 1.97 bits per heavy atom. The van der Waals surface area contributed by atoms with Gasteiger partial charge < -0.3 is 25.0 Å². The second kappa shape index (κ2) is 9.46. The van der Waals surface area contributed by atoms with Crippen LogP contribution >= 0.6 is 11.6 Å². The highest BCUT2D eigenvalue weighted by Crippen LogP contribution is 2.41. The molecule has 1 saturated heterocycles. The first-order valence-corrected chi connectivity index (χ1v) is 11.7. The fraction of sp³-hybridized carbons (Fsp3) is 0.478. The number of aliphatic hydroxyl groups is 2. The predicted octanol–water partition coefficient (Wildman–Crippen LogP) is 3.00. The molecule has 0 bridgehead atoms. The Bertz CT molecular complexity index is 1200. The molecule has 0 unspecified atom stereocenters. The molecule has 0 spiro atoms. The van der Waals surface area contributed by atoms with E-state index in [0.29, 0.717) is 28.1 Å². The van der Waals surface area contributed by atoms with Crippen LogP contribution in [0, 0.1) is 0 Å². The first kappa shape index (κ1) is 23.0. The predicted molar refractivity (Wildman–Crippen MR) is 123 cm³/mol. The molecule has 10 nitrogen and oxygen atoms in total. The van der Waals surface area contributed by atoms with Gasteiger partial charge in [0.05, 0.1) is 31.2 Å². The smallest absolute Gasteiger partial charge is 0.338 e. The van der Waals surface area contributed by atoms with Gasteiger partial charge in [0.1, 0.15) is 6.10 Å². The highest BCUT2D eigenvalue weighted by Gasteiger charge is 2.38. The van der Waals surface area contributed by atoms with Crippen LogP contribution in [0.4, 0.5) is 5.82 Å². The zero-order valence-electron chi connectivity index (χ0n) is 18.6. The molecule has 5 rings (SSSR count). The number of carbonyl (C=O) groups is 1. The maximum atomic E-state index is 12.2. The summed E-state index contributed by atoms with van der Waals surface area (Å²) in [5.74, 6) is 0.0471. The molecule has 1 aromatic carbocycles. The molecular formula is C23H26ClN5O5. The number of aromatic nitrogens is 4. The third kappa shape index (κ3) is 4.34. The van der Waals surface area contributed by atoms with Crippen LogP contribution in [0.15, 0.2) is 30.6 Å². The number of nitrogens with one attached hydrogen (secondary N) is 1. The Balaban J connectivity index is 1.43. The van der Waals surface area contributed by atoms with Crippen molar-refractivity contribution in [3.05, 3.63) is 47.0 Å². The van der Waals surface area contributed by atoms with E-state index in [4.69, 9.17) is 21.1 Å². The number of imidazole rings is 1. The minimum atomic E-state index is -0.863. The minimum Gasteiger partial charge on any atom is -0.465 e. The van der Waals surface area contributed by atoms with E-state index in [9.17, 15) is 15.0 Å². The molecular weight excluding hydrogens is 462 g/mol. The second-order valence-electron chi connectivity index (χ2n) is 8.71. The Kier molecular flexibility index (Phi) is 6.39. The van der Waals surface area contributed by atoms with Gasteiger partial charge in [-0.3, -0.25) is 4.57 Å². The first-order chi connectivity index (χ1) is 16.4. The third-order valence-electron chi connectivity index (χ3n) is 6.51. The van der Waals surface area contributed by atoms with Crippen molar-refractivity contribution in [2.45, 2.75) is 62.7 Å². The average molecular weight is 488 g/mol. The van der Waals surface area contributed by atoms with E-state index in [1.165, 1.54) is 7.11 Å². The summed E-state index contributed by atoms with van der Waals surface area (Å²) in [6.45, 7) is 0. The van der Waals surface area contributed by atoms with Crippen molar-refractivity contribution in [3.8, 4) is 0 Å². The lowest BCUT2D eigenvalue weighted by Gasteiger charge is -2.26. The number of halogens is 1. The minimum absolute atomic E-state index is 0.0488. The Labute approximate surface area is 200 Å². The maximum absolute atomic E-state index is 12.2. The number of fused-ring (bicyclic) bond motifs is 1. The van der Waals surface area contributed by atoms with Crippen LogP contribution in [0.25, 0.3) is 11.2 Å². The summed E-state index contributed by atoms with van der Waals surface area (Å²) in [6, 6.07) is 7.18. The molecule has 1 aliphatic carbocycles. The lowest BCUT2D eigenvalue weighted by Crippen LogP contribution is -2.28. The van der Waals surface area contributed by atoms with E-state index in [1.54, 1.807) is 29.1 Å². The van der Waals surface area contributed by atoms with Crippen LogP contribution in [0.5, 0.6) is 0 Å². The van der Waals surface area contributed by atoms with Gasteiger partial charge in [-0.25, -0.2) is 9.78 Å². The summed E-state index contributed by atoms with van der Waals surface area (Å²) in [6.07, 6.45) is 2.51. The number of ether oxygens (including phenoxy) is 2. The Morgan fingerprint density at radius 1 is 1.21 bits per heavy atom. The maximum Gasteiger partial charge on any atom is 0.338 e. The fourth-order valence-electron chi connectivity index (χ4n) is 4.77. The number of benzene rings is 1. The molecule has 34 heavy (non-hydrogen) atoms. The van der Waals surface area contributed by atoms with Gasteiger partial charge in [0, 0.05) is 12.5 Å². The van der Waals surface area contributed by atoms with Crippen molar-refractivity contribution in [1.29, 1.82) is 0 Å². The SMILES string of the molecule is COC(=O)c1ccccc1[C@H]1C[C@H](O)[C@@H](n2cnc3c(NC4CCC(O)CC4)nc(Cl)nc32)O1. The number of aliphatic hydroxyl groups excluding tert-OH is 2. The largest absolute Gasteiger partial charge is 0.465 e. The summed E-state index contributed by atoms with van der Waals surface area (Å²) in [7, 11) is 1.33. The summed E-state index contributed by atoms with van der Waals surface area (Å²) >= 11 is 6.23. The fourth-order valence-corrected chi connectivity index (χ4v) is 4.93. The summed E-state index contributed by atoms with van der Waals surface area (Å²) in [5.41, 5.74) is 2.00. The van der Waals surface area contributed by atoms with Crippen LogP contribution < -0.4 is 5.32 Å². The molecule has 2 aromatic heterocycles. The zero-order chi connectivity index (χ0) is 23.8. The van der Waals surface area contributed by atoms with Gasteiger partial charge in [-0.15, -0.1) is 0 Å². The lowest BCUT2D eigenvalue weighted by atomic mass is 9.93. The summed E-state index contributed by atoms with van der Waals surface area (Å²) < 4.78 is 12.7. The molecule has 11 heteroatoms. The van der Waals surface area contributed by atoms with Crippen LogP contribution in [0.3, 0.4) is 0 Å². The second-order valence-corrected chi connectivity index (χ2v) is 9.05. The highest BCUT2D eigenvalue weighted by molar-refractivity contribution is 6.28. The van der Waals surface area contributed by atoms with E-state index in [-0.39, 0.29) is 23.9 Å². The van der Waals surface area contributed by atoms with Crippen molar-refractivity contribution in [3.63, 3.8) is 0 Å². The molecule has 1 aliphatic heterocycles. The summed E-state index contributed by atoms with van der Waals surface area (Å²) in [5, 5.41) is 24.1. The van der Waals surface area contributed by atoms with Crippen LogP contribution in [-0.2, 0) is 9.47 Å².